The van der Waals surface area contributed by atoms with Crippen LogP contribution in [0.4, 0.5) is 0 Å². The monoisotopic (exact) mass is 240 g/mol. The molecule has 1 aromatic rings. The number of aryl methyl sites for hydroxylation is 1. The number of carbonyl (C=O) groups excluding carboxylic acids is 1. The third-order valence-electron chi connectivity index (χ3n) is 4.88. The molecular weight excluding hydrogens is 224 g/mol. The first-order chi connectivity index (χ1) is 8.79. The predicted octanol–water partition coefficient (Wildman–Crippen LogP) is 2.71. The summed E-state index contributed by atoms with van der Waals surface area (Å²) in [5, 5.41) is 0. The average Bonchev–Trinajstić information content (AvgIpc) is 2.89. The quantitative estimate of drug-likeness (QED) is 0.743. The molecule has 0 unspecified atom stereocenters. The Morgan fingerprint density at radius 3 is 3.22 bits per heavy atom. The standard InChI is InChI=1S/C16H16O2/c1-2-18-15(17)14-12-7-6-10-4-3-5-11-8-9-16(12,14)13(10)11/h3-7,12,14H,2,8-9H2,1H3/t12-,14+,16-/m1/s1. The van der Waals surface area contributed by atoms with E-state index in [1.165, 1.54) is 16.7 Å². The topological polar surface area (TPSA) is 26.3 Å². The summed E-state index contributed by atoms with van der Waals surface area (Å²) in [6, 6.07) is 6.50. The molecule has 0 N–H and O–H groups in total. The van der Waals surface area contributed by atoms with Gasteiger partial charge in [-0.2, -0.15) is 0 Å². The second-order valence-corrected chi connectivity index (χ2v) is 5.54. The summed E-state index contributed by atoms with van der Waals surface area (Å²) in [5.41, 5.74) is 4.28. The highest BCUT2D eigenvalue weighted by molar-refractivity contribution is 5.85. The summed E-state index contributed by atoms with van der Waals surface area (Å²) < 4.78 is 5.25. The Morgan fingerprint density at radius 1 is 1.50 bits per heavy atom. The average molecular weight is 240 g/mol. The van der Waals surface area contributed by atoms with E-state index in [0.29, 0.717) is 12.5 Å². The maximum Gasteiger partial charge on any atom is 0.310 e. The molecule has 3 atom stereocenters. The van der Waals surface area contributed by atoms with Crippen molar-refractivity contribution >= 4 is 12.0 Å². The highest BCUT2D eigenvalue weighted by Gasteiger charge is 2.71. The van der Waals surface area contributed by atoms with Gasteiger partial charge in [0, 0.05) is 11.3 Å². The largest absolute Gasteiger partial charge is 0.466 e. The number of rotatable bonds is 2. The fraction of sp³-hybridized carbons (Fsp3) is 0.438. The predicted molar refractivity (Wildman–Crippen MR) is 69.1 cm³/mol. The van der Waals surface area contributed by atoms with Crippen LogP contribution in [0.15, 0.2) is 24.3 Å². The lowest BCUT2D eigenvalue weighted by atomic mass is 9.86. The van der Waals surface area contributed by atoms with Gasteiger partial charge in [0.1, 0.15) is 0 Å². The van der Waals surface area contributed by atoms with Crippen molar-refractivity contribution in [1.29, 1.82) is 0 Å². The zero-order valence-electron chi connectivity index (χ0n) is 10.5. The van der Waals surface area contributed by atoms with Crippen molar-refractivity contribution in [3.63, 3.8) is 0 Å². The number of ether oxygens (including phenoxy) is 1. The number of hydrogen-bond donors (Lipinski definition) is 0. The van der Waals surface area contributed by atoms with E-state index in [1.807, 2.05) is 6.92 Å². The van der Waals surface area contributed by atoms with E-state index < -0.39 is 0 Å². The lowest BCUT2D eigenvalue weighted by molar-refractivity contribution is -0.145. The lowest BCUT2D eigenvalue weighted by Crippen LogP contribution is -2.16. The minimum Gasteiger partial charge on any atom is -0.466 e. The molecule has 4 rings (SSSR count). The van der Waals surface area contributed by atoms with Crippen molar-refractivity contribution < 1.29 is 9.53 Å². The molecule has 1 fully saturated rings. The van der Waals surface area contributed by atoms with Crippen LogP contribution in [0.25, 0.3) is 6.08 Å². The molecule has 92 valence electrons. The van der Waals surface area contributed by atoms with Gasteiger partial charge in [-0.05, 0) is 36.5 Å². The molecule has 0 radical (unpaired) electrons. The van der Waals surface area contributed by atoms with Crippen LogP contribution in [-0.4, -0.2) is 12.6 Å². The molecule has 0 bridgehead atoms. The minimum absolute atomic E-state index is 0.00305. The molecule has 0 amide bonds. The number of hydrogen-bond acceptors (Lipinski definition) is 2. The molecule has 0 aromatic heterocycles. The van der Waals surface area contributed by atoms with Gasteiger partial charge in [-0.25, -0.2) is 0 Å². The van der Waals surface area contributed by atoms with Gasteiger partial charge in [-0.1, -0.05) is 30.4 Å². The van der Waals surface area contributed by atoms with Crippen molar-refractivity contribution in [1.82, 2.24) is 0 Å². The molecule has 3 aliphatic rings. The van der Waals surface area contributed by atoms with E-state index in [4.69, 9.17) is 4.74 Å². The highest BCUT2D eigenvalue weighted by Crippen LogP contribution is 2.69. The van der Waals surface area contributed by atoms with Crippen molar-refractivity contribution in [3.05, 3.63) is 41.0 Å². The lowest BCUT2D eigenvalue weighted by Gasteiger charge is -2.17. The second-order valence-electron chi connectivity index (χ2n) is 5.54. The van der Waals surface area contributed by atoms with Crippen LogP contribution in [0.1, 0.15) is 30.0 Å². The SMILES string of the molecule is CCOC(=O)[C@@H]1[C@H]2C=Cc3cccc4c3[C@@]21CC4. The normalized spacial score (nSPS) is 33.8. The maximum absolute atomic E-state index is 12.1. The summed E-state index contributed by atoms with van der Waals surface area (Å²) >= 11 is 0. The third-order valence-corrected chi connectivity index (χ3v) is 4.88. The molecule has 3 aliphatic carbocycles. The Balaban J connectivity index is 1.82. The van der Waals surface area contributed by atoms with E-state index in [0.717, 1.165) is 12.8 Å². The van der Waals surface area contributed by atoms with Gasteiger partial charge in [0.05, 0.1) is 12.5 Å². The van der Waals surface area contributed by atoms with Gasteiger partial charge >= 0.3 is 5.97 Å². The van der Waals surface area contributed by atoms with Crippen molar-refractivity contribution in [3.8, 4) is 0 Å². The summed E-state index contributed by atoms with van der Waals surface area (Å²) in [4.78, 5) is 12.1. The van der Waals surface area contributed by atoms with Gasteiger partial charge in [-0.15, -0.1) is 0 Å². The first-order valence-electron chi connectivity index (χ1n) is 6.76. The first kappa shape index (κ1) is 10.4. The molecule has 18 heavy (non-hydrogen) atoms. The number of benzene rings is 1. The fourth-order valence-corrected chi connectivity index (χ4v) is 4.19. The van der Waals surface area contributed by atoms with E-state index in [1.54, 1.807) is 0 Å². The number of esters is 1. The van der Waals surface area contributed by atoms with E-state index in [9.17, 15) is 4.79 Å². The third kappa shape index (κ3) is 1.02. The van der Waals surface area contributed by atoms with E-state index in [2.05, 4.69) is 30.4 Å². The molecule has 0 aliphatic heterocycles. The van der Waals surface area contributed by atoms with Crippen molar-refractivity contribution in [2.24, 2.45) is 11.8 Å². The van der Waals surface area contributed by atoms with Crippen LogP contribution in [0.5, 0.6) is 0 Å². The van der Waals surface area contributed by atoms with Crippen molar-refractivity contribution in [2.45, 2.75) is 25.2 Å². The van der Waals surface area contributed by atoms with Gasteiger partial charge in [-0.3, -0.25) is 4.79 Å². The van der Waals surface area contributed by atoms with Crippen LogP contribution in [0, 0.1) is 11.8 Å². The summed E-state index contributed by atoms with van der Waals surface area (Å²) in [6.07, 6.45) is 6.63. The number of carbonyl (C=O) groups is 1. The molecule has 1 spiro atoms. The minimum atomic E-state index is -0.00305. The molecule has 1 saturated carbocycles. The molecular formula is C16H16O2. The second kappa shape index (κ2) is 3.25. The van der Waals surface area contributed by atoms with E-state index >= 15 is 0 Å². The van der Waals surface area contributed by atoms with Gasteiger partial charge in [0.15, 0.2) is 0 Å². The smallest absolute Gasteiger partial charge is 0.310 e. The molecule has 1 aromatic carbocycles. The fourth-order valence-electron chi connectivity index (χ4n) is 4.19. The van der Waals surface area contributed by atoms with Crippen LogP contribution in [-0.2, 0) is 21.4 Å². The Labute approximate surface area is 107 Å². The molecule has 0 saturated heterocycles. The Morgan fingerprint density at radius 2 is 2.39 bits per heavy atom. The summed E-state index contributed by atoms with van der Waals surface area (Å²) in [5.74, 6) is 0.447. The molecule has 0 heterocycles. The highest BCUT2D eigenvalue weighted by atomic mass is 16.5. The van der Waals surface area contributed by atoms with Crippen LogP contribution in [0.2, 0.25) is 0 Å². The van der Waals surface area contributed by atoms with Gasteiger partial charge in [0.2, 0.25) is 0 Å². The zero-order chi connectivity index (χ0) is 12.3. The van der Waals surface area contributed by atoms with Gasteiger partial charge < -0.3 is 4.74 Å². The summed E-state index contributed by atoms with van der Waals surface area (Å²) in [6.45, 7) is 2.36. The van der Waals surface area contributed by atoms with Crippen LogP contribution >= 0.6 is 0 Å². The molecule has 2 nitrogen and oxygen atoms in total. The Kier molecular flexibility index (Phi) is 1.87. The number of allylic oxidation sites excluding steroid dienone is 1. The first-order valence-corrected chi connectivity index (χ1v) is 6.76. The Hall–Kier alpha value is -1.57. The van der Waals surface area contributed by atoms with E-state index in [-0.39, 0.29) is 17.3 Å². The van der Waals surface area contributed by atoms with Gasteiger partial charge in [0.25, 0.3) is 0 Å². The Bertz CT molecular complexity index is 572. The maximum atomic E-state index is 12.1. The zero-order valence-corrected chi connectivity index (χ0v) is 10.5. The van der Waals surface area contributed by atoms with Crippen LogP contribution in [0.3, 0.4) is 0 Å². The molecule has 2 heteroatoms. The van der Waals surface area contributed by atoms with Crippen LogP contribution < -0.4 is 0 Å². The summed E-state index contributed by atoms with van der Waals surface area (Å²) in [7, 11) is 0. The van der Waals surface area contributed by atoms with Crippen molar-refractivity contribution in [2.75, 3.05) is 6.61 Å².